The molecule has 7 N–H and O–H groups in total. The third-order valence-corrected chi connectivity index (χ3v) is 7.78. The third-order valence-electron chi connectivity index (χ3n) is 7.78. The second-order valence-corrected chi connectivity index (χ2v) is 10.2. The highest BCUT2D eigenvalue weighted by Crippen LogP contribution is 2.38. The fourth-order valence-corrected chi connectivity index (χ4v) is 5.55. The molecule has 11 heteroatoms. The maximum atomic E-state index is 10.5. The van der Waals surface area contributed by atoms with Crippen LogP contribution in [0.2, 0.25) is 0 Å². The van der Waals surface area contributed by atoms with E-state index >= 15 is 0 Å². The lowest BCUT2D eigenvalue weighted by atomic mass is 9.96. The second kappa shape index (κ2) is 9.40. The number of aromatic amines is 1. The van der Waals surface area contributed by atoms with Crippen molar-refractivity contribution in [3.63, 3.8) is 0 Å². The minimum absolute atomic E-state index is 0.0917. The molecule has 8 atom stereocenters. The molecule has 38 heavy (non-hydrogen) atoms. The zero-order valence-electron chi connectivity index (χ0n) is 20.9. The first kappa shape index (κ1) is 25.4. The predicted octanol–water partition coefficient (Wildman–Crippen LogP) is -0.192. The number of aryl methyl sites for hydroxylation is 2. The van der Waals surface area contributed by atoms with Crippen molar-refractivity contribution in [2.45, 2.75) is 63.0 Å². The van der Waals surface area contributed by atoms with E-state index in [1.807, 2.05) is 38.2 Å². The van der Waals surface area contributed by atoms with E-state index in [9.17, 15) is 30.6 Å². The standard InChI is InChI=1S/C27H30N2O9/c1-11-16-8-29(26-24(34)22(32)18(30)9-36-26)6-5-14(16)12(2)21-20(11)15-7-13(3-4-17(15)28-21)38-27-25(35)23(33)19(31)10-37-27/h3-8,18-19,22-27,30-35H,9-10H2,1-2H3/p+1/t18-,19-,22-,23-,24+,25+,26+,27-/m0/s1. The van der Waals surface area contributed by atoms with Crippen LogP contribution in [0.1, 0.15) is 17.4 Å². The molecule has 0 spiro atoms. The van der Waals surface area contributed by atoms with E-state index in [2.05, 4.69) is 4.98 Å². The highest BCUT2D eigenvalue weighted by Gasteiger charge is 2.43. The molecular weight excluding hydrogens is 496 g/mol. The zero-order chi connectivity index (χ0) is 26.9. The summed E-state index contributed by atoms with van der Waals surface area (Å²) < 4.78 is 18.6. The Bertz CT molecular complexity index is 1520. The van der Waals surface area contributed by atoms with Crippen molar-refractivity contribution < 1.29 is 49.4 Å². The first-order chi connectivity index (χ1) is 18.2. The molecule has 0 saturated carbocycles. The Balaban J connectivity index is 1.43. The number of fused-ring (bicyclic) bond motifs is 4. The van der Waals surface area contributed by atoms with Crippen LogP contribution in [0.15, 0.2) is 36.7 Å². The van der Waals surface area contributed by atoms with Gasteiger partial charge in [-0.15, -0.1) is 0 Å². The molecule has 0 amide bonds. The topological polar surface area (TPSA) is 169 Å². The number of nitrogens with zero attached hydrogens (tertiary/aromatic N) is 1. The number of hydrogen-bond acceptors (Lipinski definition) is 9. The van der Waals surface area contributed by atoms with Gasteiger partial charge in [-0.25, -0.2) is 0 Å². The Hall–Kier alpha value is -2.87. The van der Waals surface area contributed by atoms with Crippen molar-refractivity contribution in [2.75, 3.05) is 13.2 Å². The van der Waals surface area contributed by atoms with E-state index in [0.717, 1.165) is 43.7 Å². The van der Waals surface area contributed by atoms with Gasteiger partial charge in [0.1, 0.15) is 36.3 Å². The Morgan fingerprint density at radius 2 is 1.53 bits per heavy atom. The maximum absolute atomic E-state index is 10.5. The van der Waals surface area contributed by atoms with Gasteiger partial charge < -0.3 is 49.8 Å². The third kappa shape index (κ3) is 3.94. The number of benzene rings is 2. The van der Waals surface area contributed by atoms with Gasteiger partial charge in [-0.2, -0.15) is 4.57 Å². The molecule has 0 aliphatic carbocycles. The molecule has 0 radical (unpaired) electrons. The highest BCUT2D eigenvalue weighted by molar-refractivity contribution is 6.16. The minimum atomic E-state index is -1.40. The van der Waals surface area contributed by atoms with Gasteiger partial charge in [0.05, 0.1) is 18.7 Å². The van der Waals surface area contributed by atoms with Crippen LogP contribution in [0.5, 0.6) is 5.75 Å². The summed E-state index contributed by atoms with van der Waals surface area (Å²) in [6.45, 7) is 3.77. The number of ether oxygens (including phenoxy) is 3. The van der Waals surface area contributed by atoms with Crippen LogP contribution in [0.4, 0.5) is 0 Å². The van der Waals surface area contributed by atoms with Gasteiger partial charge in [0.25, 0.3) is 6.23 Å². The van der Waals surface area contributed by atoms with E-state index in [0.29, 0.717) is 5.75 Å². The molecule has 2 saturated heterocycles. The van der Waals surface area contributed by atoms with Crippen molar-refractivity contribution in [2.24, 2.45) is 0 Å². The number of pyridine rings is 1. The van der Waals surface area contributed by atoms with Gasteiger partial charge in [-0.05, 0) is 48.6 Å². The van der Waals surface area contributed by atoms with Crippen molar-refractivity contribution >= 4 is 32.6 Å². The molecular formula is C27H31N2O9+. The Kier molecular flexibility index (Phi) is 6.29. The monoisotopic (exact) mass is 527 g/mol. The quantitative estimate of drug-likeness (QED) is 0.179. The molecule has 2 aliphatic heterocycles. The molecule has 2 aliphatic rings. The van der Waals surface area contributed by atoms with Crippen molar-refractivity contribution in [3.8, 4) is 5.75 Å². The summed E-state index contributed by atoms with van der Waals surface area (Å²) in [5, 5.41) is 64.2. The summed E-state index contributed by atoms with van der Waals surface area (Å²) in [7, 11) is 0. The number of aliphatic hydroxyl groups excluding tert-OH is 6. The molecule has 6 rings (SSSR count). The van der Waals surface area contributed by atoms with Crippen LogP contribution in [0, 0.1) is 13.8 Å². The predicted molar refractivity (Wildman–Crippen MR) is 134 cm³/mol. The molecule has 2 aromatic heterocycles. The van der Waals surface area contributed by atoms with Crippen molar-refractivity contribution in [3.05, 3.63) is 47.8 Å². The summed E-state index contributed by atoms with van der Waals surface area (Å²) in [5.74, 6) is 0.428. The number of rotatable bonds is 3. The Labute approximate surface area is 217 Å². The van der Waals surface area contributed by atoms with Crippen LogP contribution < -0.4 is 9.30 Å². The van der Waals surface area contributed by atoms with E-state index in [1.54, 1.807) is 16.8 Å². The summed E-state index contributed by atoms with van der Waals surface area (Å²) in [6, 6.07) is 7.38. The molecule has 2 aromatic carbocycles. The van der Waals surface area contributed by atoms with E-state index < -0.39 is 49.1 Å². The largest absolute Gasteiger partial charge is 0.462 e. The number of hydrogen-bond donors (Lipinski definition) is 7. The van der Waals surface area contributed by atoms with Crippen LogP contribution >= 0.6 is 0 Å². The first-order valence-corrected chi connectivity index (χ1v) is 12.5. The molecule has 2 fully saturated rings. The van der Waals surface area contributed by atoms with Crippen molar-refractivity contribution in [1.29, 1.82) is 0 Å². The van der Waals surface area contributed by atoms with Gasteiger partial charge in [0, 0.05) is 27.7 Å². The van der Waals surface area contributed by atoms with Crippen molar-refractivity contribution in [1.82, 2.24) is 4.98 Å². The van der Waals surface area contributed by atoms with Crippen LogP contribution in [0.3, 0.4) is 0 Å². The molecule has 202 valence electrons. The van der Waals surface area contributed by atoms with Gasteiger partial charge in [-0.3, -0.25) is 0 Å². The SMILES string of the molecule is Cc1c2cc[n+]([C@@H]3OC[C@H](O)[C@H](O)[C@H]3O)cc2c(C)c2c1[nH]c1ccc(O[C@@H]3OC[C@H](O)[C@H](O)[C@H]3O)cc12. The fourth-order valence-electron chi connectivity index (χ4n) is 5.55. The number of aromatic nitrogens is 2. The Morgan fingerprint density at radius 1 is 0.816 bits per heavy atom. The molecule has 11 nitrogen and oxygen atoms in total. The van der Waals surface area contributed by atoms with Gasteiger partial charge in [0.15, 0.2) is 18.5 Å². The van der Waals surface area contributed by atoms with Crippen LogP contribution in [-0.2, 0) is 9.47 Å². The lowest BCUT2D eigenvalue weighted by Gasteiger charge is -2.34. The summed E-state index contributed by atoms with van der Waals surface area (Å²) in [6.07, 6.45) is -6.05. The minimum Gasteiger partial charge on any atom is -0.462 e. The summed E-state index contributed by atoms with van der Waals surface area (Å²) in [4.78, 5) is 3.49. The fraction of sp³-hybridized carbons (Fsp3) is 0.444. The highest BCUT2D eigenvalue weighted by atomic mass is 16.7. The lowest BCUT2D eigenvalue weighted by Crippen LogP contribution is -2.58. The van der Waals surface area contributed by atoms with E-state index in [1.165, 1.54) is 0 Å². The van der Waals surface area contributed by atoms with Crippen LogP contribution in [-0.4, -0.2) is 91.8 Å². The zero-order valence-corrected chi connectivity index (χ0v) is 20.9. The van der Waals surface area contributed by atoms with Gasteiger partial charge in [-0.1, -0.05) is 0 Å². The first-order valence-electron chi connectivity index (χ1n) is 12.5. The van der Waals surface area contributed by atoms with E-state index in [-0.39, 0.29) is 13.2 Å². The van der Waals surface area contributed by atoms with Crippen LogP contribution in [0.25, 0.3) is 32.6 Å². The molecule has 0 bridgehead atoms. The molecule has 4 aromatic rings. The molecule has 4 heterocycles. The van der Waals surface area contributed by atoms with E-state index in [4.69, 9.17) is 14.2 Å². The number of aliphatic hydroxyl groups is 6. The average molecular weight is 528 g/mol. The smallest absolute Gasteiger partial charge is 0.291 e. The van der Waals surface area contributed by atoms with Gasteiger partial charge >= 0.3 is 0 Å². The number of H-pyrrole nitrogens is 1. The second-order valence-electron chi connectivity index (χ2n) is 10.2. The summed E-state index contributed by atoms with van der Waals surface area (Å²) >= 11 is 0. The normalized spacial score (nSPS) is 32.3. The summed E-state index contributed by atoms with van der Waals surface area (Å²) in [5.41, 5.74) is 3.83. The average Bonchev–Trinajstić information content (AvgIpc) is 3.30. The lowest BCUT2D eigenvalue weighted by molar-refractivity contribution is -0.774. The maximum Gasteiger partial charge on any atom is 0.291 e. The van der Waals surface area contributed by atoms with Gasteiger partial charge in [0.2, 0.25) is 6.29 Å². The molecule has 0 unspecified atom stereocenters. The Morgan fingerprint density at radius 3 is 2.29 bits per heavy atom. The number of nitrogens with one attached hydrogen (secondary N) is 1.